The molecule has 0 aromatic heterocycles. The van der Waals surface area contributed by atoms with Crippen molar-refractivity contribution in [2.45, 2.75) is 204 Å². The molecule has 0 heteroatoms. The van der Waals surface area contributed by atoms with E-state index in [9.17, 15) is 0 Å². The Bertz CT molecular complexity index is 550. The highest BCUT2D eigenvalue weighted by molar-refractivity contribution is 4.89. The summed E-state index contributed by atoms with van der Waals surface area (Å²) in [5, 5.41) is 0. The van der Waals surface area contributed by atoms with Crippen molar-refractivity contribution in [1.82, 2.24) is 0 Å². The van der Waals surface area contributed by atoms with Gasteiger partial charge in [-0.25, -0.2) is 0 Å². The van der Waals surface area contributed by atoms with Gasteiger partial charge in [-0.2, -0.15) is 0 Å². The first kappa shape index (κ1) is 38.0. The first-order chi connectivity index (χ1) is 19.3. The van der Waals surface area contributed by atoms with E-state index >= 15 is 0 Å². The summed E-state index contributed by atoms with van der Waals surface area (Å²) in [6, 6.07) is 0. The third-order valence-electron chi connectivity index (χ3n) is 12.1. The molecule has 0 bridgehead atoms. The molecule has 0 aromatic carbocycles. The molecular formula is C40H80. The lowest BCUT2D eigenvalue weighted by atomic mass is 9.59. The monoisotopic (exact) mass is 561 g/mol. The van der Waals surface area contributed by atoms with E-state index in [2.05, 4.69) is 62.3 Å². The lowest BCUT2D eigenvalue weighted by molar-refractivity contribution is 0.0392. The molecule has 0 radical (unpaired) electrons. The molecule has 40 heavy (non-hydrogen) atoms. The number of hydrogen-bond acceptors (Lipinski definition) is 0. The molecule has 0 spiro atoms. The molecule has 0 saturated heterocycles. The van der Waals surface area contributed by atoms with Crippen molar-refractivity contribution < 1.29 is 0 Å². The van der Waals surface area contributed by atoms with E-state index in [1.165, 1.54) is 141 Å². The first-order valence-electron chi connectivity index (χ1n) is 19.3. The predicted molar refractivity (Wildman–Crippen MR) is 184 cm³/mol. The molecule has 1 rings (SSSR count). The number of hydrogen-bond donors (Lipinski definition) is 0. The average Bonchev–Trinajstić information content (AvgIpc) is 2.94. The molecule has 1 saturated carbocycles. The Labute approximate surface area is 256 Å². The summed E-state index contributed by atoms with van der Waals surface area (Å²) < 4.78 is 0. The van der Waals surface area contributed by atoms with Crippen molar-refractivity contribution in [3.05, 3.63) is 0 Å². The predicted octanol–water partition coefficient (Wildman–Crippen LogP) is 14.3. The van der Waals surface area contributed by atoms with Gasteiger partial charge < -0.3 is 0 Å². The zero-order chi connectivity index (χ0) is 29.8. The zero-order valence-corrected chi connectivity index (χ0v) is 29.8. The van der Waals surface area contributed by atoms with Crippen LogP contribution in [0.5, 0.6) is 0 Å². The number of unbranched alkanes of at least 4 members (excludes halogenated alkanes) is 3. The van der Waals surface area contributed by atoms with E-state index in [1.54, 1.807) is 0 Å². The second-order valence-electron chi connectivity index (χ2n) is 15.2. The van der Waals surface area contributed by atoms with Gasteiger partial charge in [-0.15, -0.1) is 0 Å². The Morgan fingerprint density at radius 2 is 1.18 bits per heavy atom. The molecule has 1 aliphatic rings. The van der Waals surface area contributed by atoms with Crippen LogP contribution in [-0.2, 0) is 0 Å². The van der Waals surface area contributed by atoms with E-state index in [0.29, 0.717) is 0 Å². The van der Waals surface area contributed by atoms with Crippen LogP contribution in [0.4, 0.5) is 0 Å². The van der Waals surface area contributed by atoms with E-state index in [0.717, 1.165) is 53.3 Å². The highest BCUT2D eigenvalue weighted by Gasteiger charge is 2.39. The van der Waals surface area contributed by atoms with Crippen molar-refractivity contribution in [2.24, 2.45) is 53.3 Å². The van der Waals surface area contributed by atoms with Gasteiger partial charge in [0.1, 0.15) is 0 Å². The van der Waals surface area contributed by atoms with Gasteiger partial charge in [0.2, 0.25) is 0 Å². The molecule has 0 N–H and O–H groups in total. The molecule has 9 unspecified atom stereocenters. The van der Waals surface area contributed by atoms with E-state index in [-0.39, 0.29) is 0 Å². The maximum absolute atomic E-state index is 2.61. The lowest BCUT2D eigenvalue weighted by Crippen LogP contribution is -2.37. The van der Waals surface area contributed by atoms with Crippen LogP contribution >= 0.6 is 0 Å². The van der Waals surface area contributed by atoms with Gasteiger partial charge in [-0.3, -0.25) is 0 Å². The summed E-state index contributed by atoms with van der Waals surface area (Å²) >= 11 is 0. The minimum atomic E-state index is 0.925. The highest BCUT2D eigenvalue weighted by Crippen LogP contribution is 2.48. The fraction of sp³-hybridized carbons (Fsp3) is 1.00. The Morgan fingerprint density at radius 1 is 0.525 bits per heavy atom. The molecule has 0 aliphatic heterocycles. The fourth-order valence-electron chi connectivity index (χ4n) is 8.76. The van der Waals surface area contributed by atoms with Crippen molar-refractivity contribution in [3.8, 4) is 0 Å². The maximum atomic E-state index is 2.61. The minimum absolute atomic E-state index is 0.925. The van der Waals surface area contributed by atoms with Crippen molar-refractivity contribution in [3.63, 3.8) is 0 Å². The summed E-state index contributed by atoms with van der Waals surface area (Å²) in [7, 11) is 0. The van der Waals surface area contributed by atoms with Crippen LogP contribution in [0, 0.1) is 53.3 Å². The molecule has 0 heterocycles. The molecule has 1 fully saturated rings. The van der Waals surface area contributed by atoms with Crippen molar-refractivity contribution in [1.29, 1.82) is 0 Å². The van der Waals surface area contributed by atoms with Crippen LogP contribution in [-0.4, -0.2) is 0 Å². The van der Waals surface area contributed by atoms with Gasteiger partial charge in [0, 0.05) is 0 Å². The van der Waals surface area contributed by atoms with Crippen LogP contribution < -0.4 is 0 Å². The third-order valence-corrected chi connectivity index (χ3v) is 12.1. The average molecular weight is 561 g/mol. The van der Waals surface area contributed by atoms with Crippen molar-refractivity contribution in [2.75, 3.05) is 0 Å². The van der Waals surface area contributed by atoms with Crippen LogP contribution in [0.2, 0.25) is 0 Å². The summed E-state index contributed by atoms with van der Waals surface area (Å²) in [6.07, 6.45) is 32.1. The highest BCUT2D eigenvalue weighted by atomic mass is 14.4. The van der Waals surface area contributed by atoms with Gasteiger partial charge in [0.15, 0.2) is 0 Å². The zero-order valence-electron chi connectivity index (χ0n) is 29.8. The van der Waals surface area contributed by atoms with Crippen LogP contribution in [0.25, 0.3) is 0 Å². The lowest BCUT2D eigenvalue weighted by Gasteiger charge is -2.46. The standard InChI is InChI=1S/C40H80/c1-10-16-25-36(14-5)34(9)28-29-35(21-11-2)24-18-19-26-38(22-12-3)33(8)23-17-20-27-40-37(15-6)31-39(40)30-32(7)13-4/h32-40H,10-31H2,1-9H3. The van der Waals surface area contributed by atoms with Crippen LogP contribution in [0.1, 0.15) is 204 Å². The Morgan fingerprint density at radius 3 is 1.80 bits per heavy atom. The second-order valence-corrected chi connectivity index (χ2v) is 15.2. The van der Waals surface area contributed by atoms with Crippen LogP contribution in [0.15, 0.2) is 0 Å². The Balaban J connectivity index is 2.37. The fourth-order valence-corrected chi connectivity index (χ4v) is 8.76. The molecule has 240 valence electrons. The molecule has 0 amide bonds. The normalized spacial score (nSPS) is 23.8. The van der Waals surface area contributed by atoms with Crippen LogP contribution in [0.3, 0.4) is 0 Å². The van der Waals surface area contributed by atoms with Gasteiger partial charge in [0.25, 0.3) is 0 Å². The third kappa shape index (κ3) is 14.9. The summed E-state index contributed by atoms with van der Waals surface area (Å²) in [6.45, 7) is 22.1. The molecular weight excluding hydrogens is 480 g/mol. The van der Waals surface area contributed by atoms with Crippen molar-refractivity contribution >= 4 is 0 Å². The second kappa shape index (κ2) is 23.5. The molecule has 0 nitrogen and oxygen atoms in total. The minimum Gasteiger partial charge on any atom is -0.0654 e. The van der Waals surface area contributed by atoms with Gasteiger partial charge in [-0.1, -0.05) is 184 Å². The van der Waals surface area contributed by atoms with E-state index < -0.39 is 0 Å². The largest absolute Gasteiger partial charge is 0.0654 e. The topological polar surface area (TPSA) is 0 Å². The van der Waals surface area contributed by atoms with Gasteiger partial charge >= 0.3 is 0 Å². The summed E-state index contributed by atoms with van der Waals surface area (Å²) in [5.74, 6) is 8.88. The van der Waals surface area contributed by atoms with E-state index in [4.69, 9.17) is 0 Å². The number of rotatable bonds is 27. The smallest absolute Gasteiger partial charge is 0.0357 e. The maximum Gasteiger partial charge on any atom is -0.0357 e. The molecule has 9 atom stereocenters. The SMILES string of the molecule is CCCCC(CC)C(C)CCC(CCC)CCCCC(CCC)C(C)CCCCC1C(CC)CC1CC(C)CC. The van der Waals surface area contributed by atoms with Gasteiger partial charge in [-0.05, 0) is 72.5 Å². The molecule has 1 aliphatic carbocycles. The first-order valence-corrected chi connectivity index (χ1v) is 19.3. The van der Waals surface area contributed by atoms with E-state index in [1.807, 2.05) is 0 Å². The Kier molecular flexibility index (Phi) is 22.3. The Hall–Kier alpha value is 0. The summed E-state index contributed by atoms with van der Waals surface area (Å²) in [5.41, 5.74) is 0. The summed E-state index contributed by atoms with van der Waals surface area (Å²) in [4.78, 5) is 0. The molecule has 0 aromatic rings. The quantitative estimate of drug-likeness (QED) is 0.0876. The van der Waals surface area contributed by atoms with Gasteiger partial charge in [0.05, 0.1) is 0 Å².